The quantitative estimate of drug-likeness (QED) is 0.367. The Morgan fingerprint density at radius 3 is 2.81 bits per heavy atom. The zero-order chi connectivity index (χ0) is 28.7. The van der Waals surface area contributed by atoms with E-state index < -0.39 is 9.84 Å². The monoisotopic (exact) mass is 585 g/mol. The molecular weight excluding hydrogens is 554 g/mol. The third-order valence-corrected chi connectivity index (χ3v) is 9.82. The van der Waals surface area contributed by atoms with Gasteiger partial charge in [-0.05, 0) is 73.2 Å². The molecule has 0 radical (unpaired) electrons. The van der Waals surface area contributed by atoms with Crippen LogP contribution in [-0.2, 0) is 38.9 Å². The zero-order valence-electron chi connectivity index (χ0n) is 23.1. The maximum absolute atomic E-state index is 13.0. The van der Waals surface area contributed by atoms with E-state index in [9.17, 15) is 13.2 Å². The Bertz CT molecular complexity index is 1790. The van der Waals surface area contributed by atoms with Gasteiger partial charge in [0.25, 0.3) is 5.91 Å². The summed E-state index contributed by atoms with van der Waals surface area (Å²) in [4.78, 5) is 29.8. The van der Waals surface area contributed by atoms with Gasteiger partial charge in [0.05, 0.1) is 53.4 Å². The molecule has 1 fully saturated rings. The van der Waals surface area contributed by atoms with Crippen LogP contribution in [0.5, 0.6) is 0 Å². The molecule has 3 aromatic heterocycles. The summed E-state index contributed by atoms with van der Waals surface area (Å²) >= 11 is 0. The first kappa shape index (κ1) is 26.9. The van der Waals surface area contributed by atoms with Crippen molar-refractivity contribution in [3.63, 3.8) is 0 Å². The summed E-state index contributed by atoms with van der Waals surface area (Å²) in [5.74, 6) is 1.28. The number of anilines is 2. The van der Waals surface area contributed by atoms with Crippen molar-refractivity contribution in [3.05, 3.63) is 82.8 Å². The van der Waals surface area contributed by atoms with Gasteiger partial charge in [-0.2, -0.15) is 0 Å². The number of aromatic nitrogens is 3. The molecule has 3 aliphatic heterocycles. The van der Waals surface area contributed by atoms with Crippen LogP contribution >= 0.6 is 0 Å². The van der Waals surface area contributed by atoms with E-state index >= 15 is 0 Å². The SMILES string of the molecule is O=C(NCc1cc2nc(N3CCCc4ccc(C5CCCO5)nc43)ccc2cn1)c1ccc2c(c1)S(=O)(=O)CCOC2. The van der Waals surface area contributed by atoms with Gasteiger partial charge in [0.15, 0.2) is 9.84 Å². The second kappa shape index (κ2) is 11.0. The first-order valence-corrected chi connectivity index (χ1v) is 16.0. The predicted octanol–water partition coefficient (Wildman–Crippen LogP) is 4.19. The number of aryl methyl sites for hydroxylation is 1. The maximum atomic E-state index is 13.0. The van der Waals surface area contributed by atoms with E-state index in [1.54, 1.807) is 18.3 Å². The van der Waals surface area contributed by atoms with E-state index in [1.165, 1.54) is 11.6 Å². The second-order valence-electron chi connectivity index (χ2n) is 10.9. The van der Waals surface area contributed by atoms with Gasteiger partial charge in [-0.25, -0.2) is 18.4 Å². The van der Waals surface area contributed by atoms with Gasteiger partial charge in [0, 0.05) is 30.3 Å². The smallest absolute Gasteiger partial charge is 0.251 e. The second-order valence-corrected chi connectivity index (χ2v) is 13.0. The molecule has 10 nitrogen and oxygen atoms in total. The molecule has 0 saturated carbocycles. The highest BCUT2D eigenvalue weighted by molar-refractivity contribution is 7.91. The molecule has 1 amide bonds. The van der Waals surface area contributed by atoms with Crippen molar-refractivity contribution in [1.82, 2.24) is 20.3 Å². The number of nitrogens with zero attached hydrogens (tertiary/aromatic N) is 4. The third kappa shape index (κ3) is 5.23. The Morgan fingerprint density at radius 1 is 1.02 bits per heavy atom. The number of sulfone groups is 1. The number of rotatable bonds is 5. The lowest BCUT2D eigenvalue weighted by Gasteiger charge is -2.30. The van der Waals surface area contributed by atoms with Crippen molar-refractivity contribution in [2.45, 2.75) is 49.8 Å². The van der Waals surface area contributed by atoms with Crippen LogP contribution in [0.1, 0.15) is 58.2 Å². The number of hydrogen-bond donors (Lipinski definition) is 1. The molecule has 11 heteroatoms. The molecule has 1 unspecified atom stereocenters. The number of benzene rings is 1. The van der Waals surface area contributed by atoms with Crippen LogP contribution in [0.4, 0.5) is 11.6 Å². The standard InChI is InChI=1S/C31H31N5O5S/c37-31(21-5-6-23-19-40-13-14-42(38,39)28(23)15-21)33-18-24-16-26-22(17-32-24)8-10-29(34-26)36-11-1-3-20-7-9-25(35-30(20)36)27-4-2-12-41-27/h5-10,15-17,27H,1-4,11-14,18-19H2,(H,33,37). The average Bonchev–Trinajstić information content (AvgIpc) is 3.51. The maximum Gasteiger partial charge on any atom is 0.251 e. The molecule has 0 spiro atoms. The van der Waals surface area contributed by atoms with Gasteiger partial charge in [0.1, 0.15) is 11.6 Å². The topological polar surface area (TPSA) is 124 Å². The van der Waals surface area contributed by atoms with Crippen LogP contribution in [-0.4, -0.2) is 54.8 Å². The molecule has 1 saturated heterocycles. The Hall–Kier alpha value is -3.93. The summed E-state index contributed by atoms with van der Waals surface area (Å²) < 4.78 is 36.5. The van der Waals surface area contributed by atoms with E-state index in [0.717, 1.165) is 67.1 Å². The molecule has 42 heavy (non-hydrogen) atoms. The Balaban J connectivity index is 1.11. The molecule has 3 aliphatic rings. The first-order chi connectivity index (χ1) is 20.4. The molecule has 6 heterocycles. The van der Waals surface area contributed by atoms with Gasteiger partial charge >= 0.3 is 0 Å². The average molecular weight is 586 g/mol. The van der Waals surface area contributed by atoms with E-state index in [-0.39, 0.29) is 48.0 Å². The number of amides is 1. The van der Waals surface area contributed by atoms with E-state index in [4.69, 9.17) is 19.4 Å². The number of pyridine rings is 3. The summed E-state index contributed by atoms with van der Waals surface area (Å²) in [7, 11) is -3.51. The first-order valence-electron chi connectivity index (χ1n) is 14.3. The lowest BCUT2D eigenvalue weighted by molar-refractivity contribution is 0.0950. The summed E-state index contributed by atoms with van der Waals surface area (Å²) in [6.07, 6.45) is 5.85. The van der Waals surface area contributed by atoms with Crippen LogP contribution < -0.4 is 10.2 Å². The van der Waals surface area contributed by atoms with Crippen molar-refractivity contribution in [2.75, 3.05) is 30.4 Å². The fourth-order valence-electron chi connectivity index (χ4n) is 5.80. The lowest BCUT2D eigenvalue weighted by Crippen LogP contribution is -2.27. The molecule has 0 bridgehead atoms. The van der Waals surface area contributed by atoms with Crippen LogP contribution in [0.25, 0.3) is 10.9 Å². The van der Waals surface area contributed by atoms with Gasteiger partial charge in [-0.15, -0.1) is 0 Å². The van der Waals surface area contributed by atoms with Crippen LogP contribution in [0, 0.1) is 0 Å². The van der Waals surface area contributed by atoms with Crippen LogP contribution in [0.15, 0.2) is 59.6 Å². The van der Waals surface area contributed by atoms with Crippen molar-refractivity contribution in [2.24, 2.45) is 0 Å². The zero-order valence-corrected chi connectivity index (χ0v) is 23.9. The van der Waals surface area contributed by atoms with Gasteiger partial charge in [0.2, 0.25) is 0 Å². The highest BCUT2D eigenvalue weighted by Crippen LogP contribution is 2.35. The number of carbonyl (C=O) groups is 1. The minimum absolute atomic E-state index is 0.0525. The molecule has 7 rings (SSSR count). The normalized spacial score (nSPS) is 19.6. The van der Waals surface area contributed by atoms with Crippen molar-refractivity contribution in [1.29, 1.82) is 0 Å². The summed E-state index contributed by atoms with van der Waals surface area (Å²) in [5.41, 5.74) is 4.44. The van der Waals surface area contributed by atoms with Crippen LogP contribution in [0.3, 0.4) is 0 Å². The van der Waals surface area contributed by atoms with E-state index in [0.29, 0.717) is 11.3 Å². The highest BCUT2D eigenvalue weighted by Gasteiger charge is 2.26. The van der Waals surface area contributed by atoms with E-state index in [1.807, 2.05) is 18.2 Å². The largest absolute Gasteiger partial charge is 0.376 e. The number of fused-ring (bicyclic) bond motifs is 3. The molecule has 1 aromatic carbocycles. The number of ether oxygens (including phenoxy) is 2. The van der Waals surface area contributed by atoms with Gasteiger partial charge in [-0.3, -0.25) is 9.78 Å². The minimum Gasteiger partial charge on any atom is -0.376 e. The van der Waals surface area contributed by atoms with Crippen molar-refractivity contribution in [3.8, 4) is 0 Å². The molecule has 4 aromatic rings. The fourth-order valence-corrected chi connectivity index (χ4v) is 7.19. The van der Waals surface area contributed by atoms with E-state index in [2.05, 4.69) is 27.3 Å². The molecular formula is C31H31N5O5S. The minimum atomic E-state index is -3.51. The highest BCUT2D eigenvalue weighted by atomic mass is 32.2. The summed E-state index contributed by atoms with van der Waals surface area (Å²) in [6, 6.07) is 14.8. The Kier molecular flexibility index (Phi) is 7.09. The molecule has 1 N–H and O–H groups in total. The van der Waals surface area contributed by atoms with Crippen LogP contribution in [0.2, 0.25) is 0 Å². The van der Waals surface area contributed by atoms with Crippen molar-refractivity contribution >= 4 is 38.3 Å². The number of carbonyl (C=O) groups excluding carboxylic acids is 1. The van der Waals surface area contributed by atoms with Crippen molar-refractivity contribution < 1.29 is 22.7 Å². The third-order valence-electron chi connectivity index (χ3n) is 8.06. The summed E-state index contributed by atoms with van der Waals surface area (Å²) in [6.45, 7) is 2.12. The predicted molar refractivity (Wildman–Crippen MR) is 156 cm³/mol. The number of nitrogens with one attached hydrogen (secondary N) is 1. The number of hydrogen-bond acceptors (Lipinski definition) is 9. The Morgan fingerprint density at radius 2 is 1.93 bits per heavy atom. The molecule has 0 aliphatic carbocycles. The fraction of sp³-hybridized carbons (Fsp3) is 0.355. The summed E-state index contributed by atoms with van der Waals surface area (Å²) in [5, 5.41) is 3.76. The van der Waals surface area contributed by atoms with Gasteiger partial charge < -0.3 is 19.7 Å². The Labute approximate surface area is 244 Å². The molecule has 1 atom stereocenters. The lowest BCUT2D eigenvalue weighted by atomic mass is 10.0. The van der Waals surface area contributed by atoms with Gasteiger partial charge in [-0.1, -0.05) is 12.1 Å². The molecule has 216 valence electrons.